The molecular weight excluding hydrogens is 230 g/mol. The number of pyridine rings is 1. The van der Waals surface area contributed by atoms with Crippen molar-refractivity contribution in [2.45, 2.75) is 34.1 Å². The third-order valence-electron chi connectivity index (χ3n) is 3.30. The molecule has 0 aliphatic rings. The van der Waals surface area contributed by atoms with Crippen LogP contribution in [0.3, 0.4) is 0 Å². The molecule has 0 fully saturated rings. The minimum atomic E-state index is 0.598. The number of hydrogen-bond donors (Lipinski definition) is 0. The van der Waals surface area contributed by atoms with E-state index in [1.807, 2.05) is 0 Å². The molecule has 2 aromatic rings. The SMILES string of the molecule is [CH2]c1c(-c2ccc(C)cc2)cc(C)nc1CC(C)C. The number of nitrogens with zero attached hydrogens (tertiary/aromatic N) is 1. The van der Waals surface area contributed by atoms with Crippen LogP contribution < -0.4 is 0 Å². The lowest BCUT2D eigenvalue weighted by atomic mass is 9.95. The molecule has 1 radical (unpaired) electrons. The topological polar surface area (TPSA) is 12.9 Å². The summed E-state index contributed by atoms with van der Waals surface area (Å²) in [5, 5.41) is 0. The second kappa shape index (κ2) is 5.56. The Morgan fingerprint density at radius 3 is 2.32 bits per heavy atom. The molecule has 1 heteroatoms. The molecule has 0 bridgehead atoms. The predicted molar refractivity (Wildman–Crippen MR) is 82.1 cm³/mol. The van der Waals surface area contributed by atoms with Crippen LogP contribution in [0.5, 0.6) is 0 Å². The van der Waals surface area contributed by atoms with Gasteiger partial charge in [-0.2, -0.15) is 0 Å². The van der Waals surface area contributed by atoms with E-state index in [9.17, 15) is 0 Å². The number of aryl methyl sites for hydroxylation is 2. The number of rotatable bonds is 3. The van der Waals surface area contributed by atoms with Gasteiger partial charge in [0.2, 0.25) is 0 Å². The highest BCUT2D eigenvalue weighted by Gasteiger charge is 2.10. The van der Waals surface area contributed by atoms with Gasteiger partial charge in [0.1, 0.15) is 0 Å². The highest BCUT2D eigenvalue weighted by molar-refractivity contribution is 5.69. The van der Waals surface area contributed by atoms with Crippen LogP contribution in [0.15, 0.2) is 30.3 Å². The van der Waals surface area contributed by atoms with E-state index in [1.165, 1.54) is 16.7 Å². The summed E-state index contributed by atoms with van der Waals surface area (Å²) in [5.41, 5.74) is 6.99. The first-order valence-electron chi connectivity index (χ1n) is 6.87. The van der Waals surface area contributed by atoms with Crippen molar-refractivity contribution in [2.24, 2.45) is 5.92 Å². The molecule has 0 aliphatic heterocycles. The highest BCUT2D eigenvalue weighted by Crippen LogP contribution is 2.27. The Hall–Kier alpha value is -1.63. The summed E-state index contributed by atoms with van der Waals surface area (Å²) in [7, 11) is 0. The first kappa shape index (κ1) is 13.8. The van der Waals surface area contributed by atoms with Crippen LogP contribution in [0.1, 0.15) is 36.4 Å². The fourth-order valence-electron chi connectivity index (χ4n) is 2.31. The van der Waals surface area contributed by atoms with Crippen LogP contribution >= 0.6 is 0 Å². The summed E-state index contributed by atoms with van der Waals surface area (Å²) >= 11 is 0. The third kappa shape index (κ3) is 3.23. The fourth-order valence-corrected chi connectivity index (χ4v) is 2.31. The minimum absolute atomic E-state index is 0.598. The lowest BCUT2D eigenvalue weighted by Crippen LogP contribution is -2.03. The Kier molecular flexibility index (Phi) is 4.04. The third-order valence-corrected chi connectivity index (χ3v) is 3.30. The summed E-state index contributed by atoms with van der Waals surface area (Å²) < 4.78 is 0. The molecule has 1 nitrogen and oxygen atoms in total. The second-order valence-electron chi connectivity index (χ2n) is 5.70. The molecule has 1 aromatic carbocycles. The Morgan fingerprint density at radius 2 is 1.74 bits per heavy atom. The Labute approximate surface area is 116 Å². The molecule has 0 atom stereocenters. The van der Waals surface area contributed by atoms with E-state index in [0.29, 0.717) is 5.92 Å². The minimum Gasteiger partial charge on any atom is -0.258 e. The fraction of sp³-hybridized carbons (Fsp3) is 0.333. The van der Waals surface area contributed by atoms with Crippen molar-refractivity contribution in [1.82, 2.24) is 4.98 Å². The second-order valence-corrected chi connectivity index (χ2v) is 5.70. The van der Waals surface area contributed by atoms with Gasteiger partial charge in [-0.15, -0.1) is 0 Å². The monoisotopic (exact) mass is 252 g/mol. The maximum absolute atomic E-state index is 4.65. The number of hydrogen-bond acceptors (Lipinski definition) is 1. The van der Waals surface area contributed by atoms with E-state index >= 15 is 0 Å². The van der Waals surface area contributed by atoms with Crippen molar-refractivity contribution < 1.29 is 0 Å². The van der Waals surface area contributed by atoms with Gasteiger partial charge >= 0.3 is 0 Å². The molecule has 2 rings (SSSR count). The maximum Gasteiger partial charge on any atom is 0.0447 e. The normalized spacial score (nSPS) is 11.1. The van der Waals surface area contributed by atoms with Crippen molar-refractivity contribution in [2.75, 3.05) is 0 Å². The molecule has 0 N–H and O–H groups in total. The summed E-state index contributed by atoms with van der Waals surface area (Å²) in [6.45, 7) is 12.8. The predicted octanol–water partition coefficient (Wildman–Crippen LogP) is 4.75. The Balaban J connectivity index is 2.51. The van der Waals surface area contributed by atoms with Gasteiger partial charge in [0.05, 0.1) is 0 Å². The van der Waals surface area contributed by atoms with E-state index in [2.05, 4.69) is 69.9 Å². The van der Waals surface area contributed by atoms with Crippen LogP contribution in [0.4, 0.5) is 0 Å². The van der Waals surface area contributed by atoms with Gasteiger partial charge in [-0.05, 0) is 55.9 Å². The van der Waals surface area contributed by atoms with Crippen molar-refractivity contribution in [3.8, 4) is 11.1 Å². The van der Waals surface area contributed by atoms with Crippen LogP contribution in [0.25, 0.3) is 11.1 Å². The molecule has 99 valence electrons. The molecule has 1 heterocycles. The Bertz CT molecular complexity index is 565. The van der Waals surface area contributed by atoms with Crippen LogP contribution in [-0.2, 0) is 6.42 Å². The van der Waals surface area contributed by atoms with Gasteiger partial charge in [-0.25, -0.2) is 0 Å². The zero-order valence-electron chi connectivity index (χ0n) is 12.3. The summed E-state index contributed by atoms with van der Waals surface area (Å²) in [4.78, 5) is 4.65. The van der Waals surface area contributed by atoms with E-state index < -0.39 is 0 Å². The lowest BCUT2D eigenvalue weighted by molar-refractivity contribution is 0.633. The van der Waals surface area contributed by atoms with E-state index in [0.717, 1.165) is 23.4 Å². The Morgan fingerprint density at radius 1 is 1.11 bits per heavy atom. The molecule has 1 aromatic heterocycles. The van der Waals surface area contributed by atoms with Crippen LogP contribution in [-0.4, -0.2) is 4.98 Å². The zero-order chi connectivity index (χ0) is 14.0. The lowest BCUT2D eigenvalue weighted by Gasteiger charge is -2.14. The van der Waals surface area contributed by atoms with Gasteiger partial charge < -0.3 is 0 Å². The van der Waals surface area contributed by atoms with Crippen molar-refractivity contribution in [1.29, 1.82) is 0 Å². The summed E-state index contributed by atoms with van der Waals surface area (Å²) in [6.07, 6.45) is 0.985. The van der Waals surface area contributed by atoms with E-state index in [-0.39, 0.29) is 0 Å². The highest BCUT2D eigenvalue weighted by atomic mass is 14.7. The first-order valence-corrected chi connectivity index (χ1v) is 6.87. The van der Waals surface area contributed by atoms with Gasteiger partial charge in [-0.3, -0.25) is 4.98 Å². The van der Waals surface area contributed by atoms with Gasteiger partial charge in [0.15, 0.2) is 0 Å². The van der Waals surface area contributed by atoms with Crippen molar-refractivity contribution in [3.05, 3.63) is 59.8 Å². The maximum atomic E-state index is 4.65. The number of benzene rings is 1. The molecule has 0 aliphatic carbocycles. The molecule has 0 unspecified atom stereocenters. The standard InChI is InChI=1S/C18H22N/c1-12(2)10-18-15(5)17(11-14(4)19-18)16-8-6-13(3)7-9-16/h6-9,11-12H,5,10H2,1-4H3. The number of aromatic nitrogens is 1. The van der Waals surface area contributed by atoms with Crippen molar-refractivity contribution in [3.63, 3.8) is 0 Å². The average Bonchev–Trinajstić information content (AvgIpc) is 2.34. The van der Waals surface area contributed by atoms with Gasteiger partial charge in [0.25, 0.3) is 0 Å². The van der Waals surface area contributed by atoms with E-state index in [4.69, 9.17) is 0 Å². The average molecular weight is 252 g/mol. The summed E-state index contributed by atoms with van der Waals surface area (Å²) in [5.74, 6) is 0.598. The molecule has 0 saturated heterocycles. The quantitative estimate of drug-likeness (QED) is 0.768. The first-order chi connectivity index (χ1) is 8.97. The van der Waals surface area contributed by atoms with Crippen molar-refractivity contribution >= 4 is 0 Å². The van der Waals surface area contributed by atoms with Gasteiger partial charge in [-0.1, -0.05) is 43.7 Å². The van der Waals surface area contributed by atoms with Crippen LogP contribution in [0, 0.1) is 26.7 Å². The zero-order valence-corrected chi connectivity index (χ0v) is 12.3. The molecule has 0 saturated carbocycles. The van der Waals surface area contributed by atoms with E-state index in [1.54, 1.807) is 0 Å². The molecular formula is C18H22N. The molecule has 19 heavy (non-hydrogen) atoms. The van der Waals surface area contributed by atoms with Crippen LogP contribution in [0.2, 0.25) is 0 Å². The van der Waals surface area contributed by atoms with Gasteiger partial charge in [0, 0.05) is 11.4 Å². The summed E-state index contributed by atoms with van der Waals surface area (Å²) in [6, 6.07) is 10.8. The molecule has 0 spiro atoms. The smallest absolute Gasteiger partial charge is 0.0447 e. The molecule has 0 amide bonds. The largest absolute Gasteiger partial charge is 0.258 e.